The molecule has 2 atom stereocenters. The van der Waals surface area contributed by atoms with Gasteiger partial charge in [0.05, 0.1) is 6.67 Å². The average molecular weight is 326 g/mol. The summed E-state index contributed by atoms with van der Waals surface area (Å²) in [5, 5.41) is -0.339. The Morgan fingerprint density at radius 1 is 1.19 bits per heavy atom. The number of benzene rings is 1. The van der Waals surface area contributed by atoms with Crippen LogP contribution < -0.4 is 0 Å². The smallest absolute Gasteiger partial charge is 0.282 e. The van der Waals surface area contributed by atoms with Crippen molar-refractivity contribution in [3.63, 3.8) is 0 Å². The van der Waals surface area contributed by atoms with Gasteiger partial charge in [-0.3, -0.25) is 9.18 Å². The first-order valence-corrected chi connectivity index (χ1v) is 7.31. The van der Waals surface area contributed by atoms with E-state index in [2.05, 4.69) is 0 Å². The lowest BCUT2D eigenvalue weighted by molar-refractivity contribution is -0.107. The van der Waals surface area contributed by atoms with Crippen molar-refractivity contribution < 1.29 is 26.7 Å². The molecule has 0 bridgehead atoms. The molecule has 0 saturated heterocycles. The van der Waals surface area contributed by atoms with E-state index in [9.17, 15) is 26.7 Å². The van der Waals surface area contributed by atoms with E-state index in [1.54, 1.807) is 30.3 Å². The number of hydrogen-bond acceptors (Lipinski definition) is 2. The lowest BCUT2D eigenvalue weighted by Crippen LogP contribution is -2.38. The van der Waals surface area contributed by atoms with E-state index in [4.69, 9.17) is 0 Å². The van der Waals surface area contributed by atoms with Gasteiger partial charge in [-0.15, -0.1) is 0 Å². The van der Waals surface area contributed by atoms with E-state index in [1.165, 1.54) is 0 Å². The summed E-state index contributed by atoms with van der Waals surface area (Å²) < 4.78 is 64.4. The van der Waals surface area contributed by atoms with Crippen molar-refractivity contribution in [1.82, 2.24) is 0 Å². The topological polar surface area (TPSA) is 17.1 Å². The number of thioether (sulfide) groups is 1. The number of hydrogen-bond donors (Lipinski definition) is 0. The molecule has 1 rings (SSSR count). The predicted octanol–water partition coefficient (Wildman–Crippen LogP) is 4.62. The molecule has 0 aromatic heterocycles. The zero-order valence-electron chi connectivity index (χ0n) is 11.1. The predicted molar refractivity (Wildman–Crippen MR) is 73.2 cm³/mol. The van der Waals surface area contributed by atoms with E-state index >= 15 is 0 Å². The van der Waals surface area contributed by atoms with Gasteiger partial charge in [-0.1, -0.05) is 42.1 Å². The Morgan fingerprint density at radius 2 is 1.81 bits per heavy atom. The fourth-order valence-corrected chi connectivity index (χ4v) is 2.43. The highest BCUT2D eigenvalue weighted by Crippen LogP contribution is 2.31. The van der Waals surface area contributed by atoms with Crippen LogP contribution in [-0.2, 0) is 0 Å². The molecular weight excluding hydrogens is 311 g/mol. The summed E-state index contributed by atoms with van der Waals surface area (Å²) in [6.07, 6.45) is -7.36. The molecule has 118 valence electrons. The van der Waals surface area contributed by atoms with Crippen LogP contribution in [0.5, 0.6) is 0 Å². The SMILES string of the molecule is O=C(SCCC(F)C(F)C(F)(F)CCF)c1ccccc1. The summed E-state index contributed by atoms with van der Waals surface area (Å²) >= 11 is 0.735. The lowest BCUT2D eigenvalue weighted by Gasteiger charge is -2.22. The monoisotopic (exact) mass is 326 g/mol. The van der Waals surface area contributed by atoms with Crippen LogP contribution in [0, 0.1) is 0 Å². The molecule has 1 nitrogen and oxygen atoms in total. The van der Waals surface area contributed by atoms with Crippen LogP contribution in [0.15, 0.2) is 30.3 Å². The first-order chi connectivity index (χ1) is 9.88. The third-order valence-corrected chi connectivity index (χ3v) is 3.72. The van der Waals surface area contributed by atoms with E-state index < -0.39 is 37.8 Å². The van der Waals surface area contributed by atoms with Gasteiger partial charge in [-0.2, -0.15) is 0 Å². The van der Waals surface area contributed by atoms with Crippen LogP contribution in [0.25, 0.3) is 0 Å². The van der Waals surface area contributed by atoms with Gasteiger partial charge in [0, 0.05) is 17.7 Å². The third-order valence-electron chi connectivity index (χ3n) is 2.79. The Bertz CT molecular complexity index is 440. The number of carbonyl (C=O) groups excluding carboxylic acids is 1. The maximum absolute atomic E-state index is 13.4. The zero-order valence-corrected chi connectivity index (χ0v) is 11.9. The van der Waals surface area contributed by atoms with Crippen molar-refractivity contribution >= 4 is 16.9 Å². The Kier molecular flexibility index (Phi) is 7.14. The van der Waals surface area contributed by atoms with Gasteiger partial charge in [0.2, 0.25) is 5.12 Å². The molecule has 0 heterocycles. The summed E-state index contributed by atoms with van der Waals surface area (Å²) in [6.45, 7) is -1.42. The van der Waals surface area contributed by atoms with Crippen molar-refractivity contribution in [2.75, 3.05) is 12.4 Å². The summed E-state index contributed by atoms with van der Waals surface area (Å²) in [5.41, 5.74) is 0.400. The van der Waals surface area contributed by atoms with Gasteiger partial charge in [0.15, 0.2) is 6.17 Å². The molecule has 7 heteroatoms. The molecule has 0 fully saturated rings. The van der Waals surface area contributed by atoms with Crippen molar-refractivity contribution in [3.8, 4) is 0 Å². The average Bonchev–Trinajstić information content (AvgIpc) is 2.47. The molecule has 1 aromatic carbocycles. The summed E-state index contributed by atoms with van der Waals surface area (Å²) in [4.78, 5) is 11.6. The highest BCUT2D eigenvalue weighted by molar-refractivity contribution is 8.14. The fourth-order valence-electron chi connectivity index (χ4n) is 1.60. The zero-order chi connectivity index (χ0) is 15.9. The number of halogens is 5. The first-order valence-electron chi connectivity index (χ1n) is 6.32. The molecule has 0 saturated carbocycles. The van der Waals surface area contributed by atoms with Gasteiger partial charge in [-0.05, 0) is 6.42 Å². The number of carbonyl (C=O) groups is 1. The molecular formula is C14H15F5OS. The highest BCUT2D eigenvalue weighted by atomic mass is 32.2. The van der Waals surface area contributed by atoms with E-state index in [-0.39, 0.29) is 10.9 Å². The standard InChI is InChI=1S/C14H15F5OS/c15-8-7-14(18,19)12(17)11(16)6-9-21-13(20)10-4-2-1-3-5-10/h1-5,11-12H,6-9H2. The molecule has 1 aromatic rings. The normalized spacial score (nSPS) is 14.7. The Balaban J connectivity index is 2.40. The van der Waals surface area contributed by atoms with Crippen LogP contribution in [0.4, 0.5) is 22.0 Å². The Labute approximate surface area is 123 Å². The van der Waals surface area contributed by atoms with Crippen LogP contribution in [0.2, 0.25) is 0 Å². The molecule has 0 amide bonds. The van der Waals surface area contributed by atoms with E-state index in [0.717, 1.165) is 11.8 Å². The van der Waals surface area contributed by atoms with Crippen LogP contribution >= 0.6 is 11.8 Å². The van der Waals surface area contributed by atoms with Gasteiger partial charge in [-0.25, -0.2) is 17.6 Å². The minimum absolute atomic E-state index is 0.124. The molecule has 0 N–H and O–H groups in total. The molecule has 0 spiro atoms. The maximum atomic E-state index is 13.4. The lowest BCUT2D eigenvalue weighted by atomic mass is 10.1. The minimum Gasteiger partial charge on any atom is -0.282 e. The number of rotatable bonds is 8. The first kappa shape index (κ1) is 17.9. The van der Waals surface area contributed by atoms with Crippen molar-refractivity contribution in [3.05, 3.63) is 35.9 Å². The highest BCUT2D eigenvalue weighted by Gasteiger charge is 2.44. The summed E-state index contributed by atoms with van der Waals surface area (Å²) in [5.74, 6) is -4.15. The summed E-state index contributed by atoms with van der Waals surface area (Å²) in [6, 6.07) is 8.16. The maximum Gasteiger partial charge on any atom is 0.284 e. The second kappa shape index (κ2) is 8.36. The second-order valence-electron chi connectivity index (χ2n) is 4.41. The molecule has 0 radical (unpaired) electrons. The second-order valence-corrected chi connectivity index (χ2v) is 5.48. The summed E-state index contributed by atoms with van der Waals surface area (Å²) in [7, 11) is 0. The van der Waals surface area contributed by atoms with Crippen LogP contribution in [-0.4, -0.2) is 35.8 Å². The largest absolute Gasteiger partial charge is 0.284 e. The minimum atomic E-state index is -4.03. The van der Waals surface area contributed by atoms with Gasteiger partial charge >= 0.3 is 0 Å². The molecule has 21 heavy (non-hydrogen) atoms. The Hall–Kier alpha value is -1.11. The fraction of sp³-hybridized carbons (Fsp3) is 0.500. The van der Waals surface area contributed by atoms with E-state index in [0.29, 0.717) is 5.56 Å². The Morgan fingerprint density at radius 3 is 2.38 bits per heavy atom. The third kappa shape index (κ3) is 5.65. The van der Waals surface area contributed by atoms with Crippen LogP contribution in [0.1, 0.15) is 23.2 Å². The van der Waals surface area contributed by atoms with Crippen LogP contribution in [0.3, 0.4) is 0 Å². The van der Waals surface area contributed by atoms with E-state index in [1.807, 2.05) is 0 Å². The molecule has 2 unspecified atom stereocenters. The van der Waals surface area contributed by atoms with Crippen molar-refractivity contribution in [2.45, 2.75) is 31.1 Å². The van der Waals surface area contributed by atoms with Crippen molar-refractivity contribution in [1.29, 1.82) is 0 Å². The van der Waals surface area contributed by atoms with Gasteiger partial charge < -0.3 is 0 Å². The molecule has 0 aliphatic rings. The van der Waals surface area contributed by atoms with Gasteiger partial charge in [0.25, 0.3) is 5.92 Å². The molecule has 0 aliphatic heterocycles. The number of alkyl halides is 5. The van der Waals surface area contributed by atoms with Gasteiger partial charge in [0.1, 0.15) is 6.17 Å². The molecule has 0 aliphatic carbocycles. The van der Waals surface area contributed by atoms with Crippen molar-refractivity contribution in [2.24, 2.45) is 0 Å². The quantitative estimate of drug-likeness (QED) is 0.648.